The number of rotatable bonds is 3. The van der Waals surface area contributed by atoms with Gasteiger partial charge in [-0.05, 0) is 43.9 Å². The van der Waals surface area contributed by atoms with Gasteiger partial charge in [0.05, 0.1) is 9.92 Å². The second-order valence-corrected chi connectivity index (χ2v) is 7.55. The number of hydrogen-bond acceptors (Lipinski definition) is 3. The quantitative estimate of drug-likeness (QED) is 0.929. The zero-order valence-corrected chi connectivity index (χ0v) is 12.8. The van der Waals surface area contributed by atoms with E-state index in [2.05, 4.69) is 0 Å². The number of halogens is 2. The van der Waals surface area contributed by atoms with Crippen LogP contribution < -0.4 is 5.73 Å². The van der Waals surface area contributed by atoms with Crippen molar-refractivity contribution in [3.63, 3.8) is 0 Å². The Labute approximate surface area is 123 Å². The van der Waals surface area contributed by atoms with Crippen molar-refractivity contribution in [2.24, 2.45) is 11.7 Å². The smallest absolute Gasteiger partial charge is 0.243 e. The van der Waals surface area contributed by atoms with Gasteiger partial charge >= 0.3 is 0 Å². The van der Waals surface area contributed by atoms with Gasteiger partial charge in [-0.3, -0.25) is 0 Å². The molecule has 0 aromatic heterocycles. The van der Waals surface area contributed by atoms with E-state index in [1.165, 1.54) is 10.4 Å². The maximum absolute atomic E-state index is 13.1. The first kappa shape index (κ1) is 15.7. The summed E-state index contributed by atoms with van der Waals surface area (Å²) in [5, 5.41) is -0.188. The fourth-order valence-electron chi connectivity index (χ4n) is 2.41. The van der Waals surface area contributed by atoms with Gasteiger partial charge in [-0.2, -0.15) is 4.31 Å². The molecule has 1 saturated heterocycles. The Morgan fingerprint density at radius 1 is 1.50 bits per heavy atom. The molecule has 0 amide bonds. The van der Waals surface area contributed by atoms with E-state index in [4.69, 9.17) is 17.3 Å². The van der Waals surface area contributed by atoms with E-state index in [1.807, 2.05) is 6.92 Å². The first-order valence-corrected chi connectivity index (χ1v) is 8.35. The highest BCUT2D eigenvalue weighted by atomic mass is 35.5. The molecule has 4 nitrogen and oxygen atoms in total. The van der Waals surface area contributed by atoms with Crippen molar-refractivity contribution in [2.75, 3.05) is 13.1 Å². The highest BCUT2D eigenvalue weighted by molar-refractivity contribution is 7.89. The van der Waals surface area contributed by atoms with Crippen molar-refractivity contribution in [1.29, 1.82) is 0 Å². The van der Waals surface area contributed by atoms with Crippen LogP contribution in [0.5, 0.6) is 0 Å². The van der Waals surface area contributed by atoms with E-state index in [9.17, 15) is 12.8 Å². The molecule has 2 atom stereocenters. The SMILES string of the molecule is C[C@H](N)[C@H]1CCCN(S(=O)(=O)c2ccc(F)c(Cl)c2)C1. The molecule has 1 aliphatic rings. The van der Waals surface area contributed by atoms with Crippen LogP contribution in [0.3, 0.4) is 0 Å². The molecule has 2 N–H and O–H groups in total. The largest absolute Gasteiger partial charge is 0.328 e. The maximum atomic E-state index is 13.1. The van der Waals surface area contributed by atoms with Gasteiger partial charge in [0.15, 0.2) is 0 Å². The van der Waals surface area contributed by atoms with Crippen LogP contribution in [-0.4, -0.2) is 31.9 Å². The van der Waals surface area contributed by atoms with Crippen molar-refractivity contribution in [2.45, 2.75) is 30.7 Å². The van der Waals surface area contributed by atoms with Crippen molar-refractivity contribution < 1.29 is 12.8 Å². The summed E-state index contributed by atoms with van der Waals surface area (Å²) in [5.74, 6) is -0.479. The summed E-state index contributed by atoms with van der Waals surface area (Å²) in [6, 6.07) is 3.42. The zero-order valence-electron chi connectivity index (χ0n) is 11.2. The van der Waals surface area contributed by atoms with Gasteiger partial charge in [0.2, 0.25) is 10.0 Å². The van der Waals surface area contributed by atoms with Crippen LogP contribution in [0.1, 0.15) is 19.8 Å². The third-order valence-electron chi connectivity index (χ3n) is 3.69. The lowest BCUT2D eigenvalue weighted by Crippen LogP contribution is -2.44. The average Bonchev–Trinajstić information content (AvgIpc) is 2.42. The minimum absolute atomic E-state index is 0.0224. The molecule has 1 aromatic carbocycles. The van der Waals surface area contributed by atoms with Crippen LogP contribution >= 0.6 is 11.6 Å². The molecule has 112 valence electrons. The first-order chi connectivity index (χ1) is 9.32. The van der Waals surface area contributed by atoms with Crippen LogP contribution in [0, 0.1) is 11.7 Å². The molecule has 0 radical (unpaired) electrons. The van der Waals surface area contributed by atoms with Gasteiger partial charge < -0.3 is 5.73 Å². The Morgan fingerprint density at radius 2 is 2.20 bits per heavy atom. The third kappa shape index (κ3) is 3.14. The second-order valence-electron chi connectivity index (χ2n) is 5.20. The minimum Gasteiger partial charge on any atom is -0.328 e. The summed E-state index contributed by atoms with van der Waals surface area (Å²) >= 11 is 5.66. The van der Waals surface area contributed by atoms with Gasteiger partial charge in [0.25, 0.3) is 0 Å². The van der Waals surface area contributed by atoms with Gasteiger partial charge in [0.1, 0.15) is 5.82 Å². The number of sulfonamides is 1. The van der Waals surface area contributed by atoms with Crippen LogP contribution in [0.2, 0.25) is 5.02 Å². The predicted molar refractivity (Wildman–Crippen MR) is 76.5 cm³/mol. The number of nitrogens with zero attached hydrogens (tertiary/aromatic N) is 1. The Hall–Kier alpha value is -0.690. The lowest BCUT2D eigenvalue weighted by Gasteiger charge is -2.33. The summed E-state index contributed by atoms with van der Waals surface area (Å²) in [4.78, 5) is 0.0224. The van der Waals surface area contributed by atoms with Crippen LogP contribution in [-0.2, 0) is 10.0 Å². The van der Waals surface area contributed by atoms with Crippen molar-refractivity contribution >= 4 is 21.6 Å². The summed E-state index contributed by atoms with van der Waals surface area (Å²) in [6.45, 7) is 2.74. The fraction of sp³-hybridized carbons (Fsp3) is 0.538. The van der Waals surface area contributed by atoms with Crippen molar-refractivity contribution in [1.82, 2.24) is 4.31 Å². The highest BCUT2D eigenvalue weighted by Crippen LogP contribution is 2.27. The van der Waals surface area contributed by atoms with E-state index < -0.39 is 15.8 Å². The fourth-order valence-corrected chi connectivity index (χ4v) is 4.22. The van der Waals surface area contributed by atoms with Gasteiger partial charge in [-0.25, -0.2) is 12.8 Å². The van der Waals surface area contributed by atoms with Crippen LogP contribution in [0.25, 0.3) is 0 Å². The second kappa shape index (κ2) is 5.97. The molecule has 0 bridgehead atoms. The van der Waals surface area contributed by atoms with E-state index in [-0.39, 0.29) is 21.9 Å². The van der Waals surface area contributed by atoms with Crippen LogP contribution in [0.4, 0.5) is 4.39 Å². The highest BCUT2D eigenvalue weighted by Gasteiger charge is 2.31. The topological polar surface area (TPSA) is 63.4 Å². The summed E-state index contributed by atoms with van der Waals surface area (Å²) in [6.07, 6.45) is 1.70. The van der Waals surface area contributed by atoms with E-state index in [1.54, 1.807) is 0 Å². The maximum Gasteiger partial charge on any atom is 0.243 e. The molecule has 1 aliphatic heterocycles. The molecular weight excluding hydrogens is 303 g/mol. The number of piperidine rings is 1. The normalized spacial score (nSPS) is 22.7. The molecule has 2 rings (SSSR count). The molecule has 1 aromatic rings. The number of benzene rings is 1. The van der Waals surface area contributed by atoms with Crippen LogP contribution in [0.15, 0.2) is 23.1 Å². The monoisotopic (exact) mass is 320 g/mol. The molecule has 20 heavy (non-hydrogen) atoms. The Balaban J connectivity index is 2.27. The molecule has 0 saturated carbocycles. The number of nitrogens with two attached hydrogens (primary N) is 1. The first-order valence-electron chi connectivity index (χ1n) is 6.53. The molecule has 1 fully saturated rings. The molecule has 0 aliphatic carbocycles. The van der Waals surface area contributed by atoms with Gasteiger partial charge in [-0.1, -0.05) is 11.6 Å². The molecule has 1 heterocycles. The third-order valence-corrected chi connectivity index (χ3v) is 5.84. The van der Waals surface area contributed by atoms with E-state index in [0.717, 1.165) is 25.0 Å². The summed E-state index contributed by atoms with van der Waals surface area (Å²) in [5.41, 5.74) is 5.86. The average molecular weight is 321 g/mol. The van der Waals surface area contributed by atoms with E-state index >= 15 is 0 Å². The molecule has 0 spiro atoms. The summed E-state index contributed by atoms with van der Waals surface area (Å²) < 4.78 is 39.6. The van der Waals surface area contributed by atoms with Gasteiger partial charge in [-0.15, -0.1) is 0 Å². The lowest BCUT2D eigenvalue weighted by atomic mass is 9.93. The lowest BCUT2D eigenvalue weighted by molar-refractivity contribution is 0.243. The Bertz CT molecular complexity index is 592. The minimum atomic E-state index is -3.64. The zero-order chi connectivity index (χ0) is 14.9. The standard InChI is InChI=1S/C13H18ClFN2O2S/c1-9(16)10-3-2-6-17(8-10)20(18,19)11-4-5-13(15)12(14)7-11/h4-5,7,9-10H,2-3,6,8,16H2,1H3/t9-,10-/m0/s1. The Morgan fingerprint density at radius 3 is 2.80 bits per heavy atom. The molecule has 0 unspecified atom stereocenters. The number of hydrogen-bond donors (Lipinski definition) is 1. The van der Waals surface area contributed by atoms with Gasteiger partial charge in [0, 0.05) is 19.1 Å². The Kier molecular flexibility index (Phi) is 4.69. The van der Waals surface area contributed by atoms with E-state index in [0.29, 0.717) is 13.1 Å². The predicted octanol–water partition coefficient (Wildman–Crippen LogP) is 2.23. The summed E-state index contributed by atoms with van der Waals surface area (Å²) in [7, 11) is -3.64. The molecular formula is C13H18ClFN2O2S. The van der Waals surface area contributed by atoms with Crippen molar-refractivity contribution in [3.05, 3.63) is 29.0 Å². The molecule has 7 heteroatoms. The van der Waals surface area contributed by atoms with Crippen molar-refractivity contribution in [3.8, 4) is 0 Å².